The molecule has 0 aliphatic carbocycles. The first-order valence-corrected chi connectivity index (χ1v) is 14.2. The third kappa shape index (κ3) is 4.65. The van der Waals surface area contributed by atoms with Gasteiger partial charge in [0.15, 0.2) is 12.1 Å². The molecule has 6 heteroatoms. The van der Waals surface area contributed by atoms with E-state index in [0.29, 0.717) is 6.61 Å². The Hall–Kier alpha value is -0.773. The van der Waals surface area contributed by atoms with Gasteiger partial charge in [0.1, 0.15) is 6.10 Å². The molecule has 0 radical (unpaired) electrons. The Balaban J connectivity index is 1.58. The Bertz CT molecular complexity index is 813. The molecule has 0 unspecified atom stereocenters. The number of benzene rings is 2. The number of hydrogen-bond donors (Lipinski definition) is 0. The van der Waals surface area contributed by atoms with Crippen LogP contribution in [-0.2, 0) is 18.6 Å². The van der Waals surface area contributed by atoms with Crippen molar-refractivity contribution in [3.05, 3.63) is 60.7 Å². The lowest BCUT2D eigenvalue weighted by Gasteiger charge is -2.43. The molecule has 2 aromatic carbocycles. The van der Waals surface area contributed by atoms with Gasteiger partial charge in [-0.1, -0.05) is 104 Å². The van der Waals surface area contributed by atoms with E-state index in [4.69, 9.17) is 18.6 Å². The zero-order chi connectivity index (χ0) is 22.3. The van der Waals surface area contributed by atoms with E-state index in [2.05, 4.69) is 104 Å². The summed E-state index contributed by atoms with van der Waals surface area (Å²) < 4.78 is 25.4. The van der Waals surface area contributed by atoms with Crippen LogP contribution in [0.5, 0.6) is 0 Å². The fraction of sp³-hybridized carbons (Fsp3) is 0.520. The maximum Gasteiger partial charge on any atom is 0.261 e. The van der Waals surface area contributed by atoms with E-state index in [1.807, 2.05) is 13.8 Å². The Labute approximate surface area is 200 Å². The molecule has 2 fully saturated rings. The van der Waals surface area contributed by atoms with E-state index in [1.165, 1.54) is 10.4 Å². The van der Waals surface area contributed by atoms with Crippen LogP contribution in [0.2, 0.25) is 5.04 Å². The van der Waals surface area contributed by atoms with E-state index in [1.54, 1.807) is 0 Å². The van der Waals surface area contributed by atoms with E-state index in [0.717, 1.165) is 6.42 Å². The molecule has 31 heavy (non-hydrogen) atoms. The third-order valence-corrected chi connectivity index (χ3v) is 12.4. The molecule has 0 amide bonds. The van der Waals surface area contributed by atoms with Crippen LogP contribution < -0.4 is 10.4 Å². The second-order valence-corrected chi connectivity index (χ2v) is 15.8. The van der Waals surface area contributed by atoms with Crippen molar-refractivity contribution in [2.45, 2.75) is 74.3 Å². The molecule has 2 aliphatic rings. The van der Waals surface area contributed by atoms with Crippen molar-refractivity contribution in [3.8, 4) is 0 Å². The van der Waals surface area contributed by atoms with Crippen LogP contribution in [0, 0.1) is 0 Å². The summed E-state index contributed by atoms with van der Waals surface area (Å²) in [5.74, 6) is -0.563. The number of ether oxygens (including phenoxy) is 3. The van der Waals surface area contributed by atoms with Crippen molar-refractivity contribution >= 4 is 41.3 Å². The summed E-state index contributed by atoms with van der Waals surface area (Å²) in [5, 5.41) is 2.57. The van der Waals surface area contributed by atoms with Gasteiger partial charge in [0.2, 0.25) is 0 Å². The van der Waals surface area contributed by atoms with Gasteiger partial charge in [-0.25, -0.2) is 0 Å². The Morgan fingerprint density at radius 3 is 2.03 bits per heavy atom. The second-order valence-electron chi connectivity index (χ2n) is 9.94. The van der Waals surface area contributed by atoms with E-state index in [9.17, 15) is 0 Å². The van der Waals surface area contributed by atoms with Crippen molar-refractivity contribution in [1.29, 1.82) is 0 Å². The molecule has 4 atom stereocenters. The van der Waals surface area contributed by atoms with E-state index < -0.39 is 14.1 Å². The molecule has 4 rings (SSSR count). The van der Waals surface area contributed by atoms with Crippen LogP contribution in [0.15, 0.2) is 60.7 Å². The second kappa shape index (κ2) is 8.87. The summed E-state index contributed by atoms with van der Waals surface area (Å²) in [6, 6.07) is 21.5. The summed E-state index contributed by atoms with van der Waals surface area (Å²) in [4.78, 5) is 0. The lowest BCUT2D eigenvalue weighted by molar-refractivity contribution is -0.204. The number of hydrogen-bond acceptors (Lipinski definition) is 4. The molecule has 2 saturated heterocycles. The van der Waals surface area contributed by atoms with Crippen LogP contribution in [0.1, 0.15) is 41.0 Å². The van der Waals surface area contributed by atoms with Gasteiger partial charge in [0, 0.05) is 13.0 Å². The van der Waals surface area contributed by atoms with Gasteiger partial charge in [0.25, 0.3) is 8.32 Å². The molecule has 2 aromatic rings. The number of rotatable bonds is 6. The highest BCUT2D eigenvalue weighted by Crippen LogP contribution is 2.41. The zero-order valence-electron chi connectivity index (χ0n) is 19.0. The summed E-state index contributed by atoms with van der Waals surface area (Å²) >= 11 is 2.48. The van der Waals surface area contributed by atoms with Gasteiger partial charge >= 0.3 is 0 Å². The number of fused-ring (bicyclic) bond motifs is 1. The monoisotopic (exact) mass is 552 g/mol. The van der Waals surface area contributed by atoms with Gasteiger partial charge < -0.3 is 18.6 Å². The topological polar surface area (TPSA) is 36.9 Å². The largest absolute Gasteiger partial charge is 0.406 e. The normalized spacial score (nSPS) is 26.6. The standard InChI is InChI=1S/C25H33IO4Si/c1-24(2,3)31(18-12-8-6-9-13-18,19-14-10-7-11-15-19)27-17-20(26)21-16-22-23(28-21)30-25(4,5)29-22/h6-15,20-23H,16-17H2,1-5H3/t20-,21-,22+,23+/m1/s1. The van der Waals surface area contributed by atoms with Crippen molar-refractivity contribution in [3.63, 3.8) is 0 Å². The zero-order valence-corrected chi connectivity index (χ0v) is 22.2. The third-order valence-electron chi connectivity index (χ3n) is 6.19. The SMILES string of the molecule is CC1(C)O[C@@H]2O[C@@H]([C@H](I)CO[Si](c3ccccc3)(c3ccccc3)C(C)(C)C)C[C@@H]2O1. The van der Waals surface area contributed by atoms with Gasteiger partial charge in [0.05, 0.1) is 10.0 Å². The molecule has 168 valence electrons. The minimum absolute atomic E-state index is 0.00475. The molecular formula is C25H33IO4Si. The number of alkyl halides is 1. The van der Waals surface area contributed by atoms with Crippen LogP contribution in [-0.4, -0.2) is 43.1 Å². The highest BCUT2D eigenvalue weighted by Gasteiger charge is 2.52. The Morgan fingerprint density at radius 2 is 1.55 bits per heavy atom. The first kappa shape index (κ1) is 23.4. The lowest BCUT2D eigenvalue weighted by Crippen LogP contribution is -2.67. The maximum atomic E-state index is 7.07. The maximum absolute atomic E-state index is 7.07. The molecule has 0 bridgehead atoms. The van der Waals surface area contributed by atoms with Gasteiger partial charge in [-0.2, -0.15) is 0 Å². The van der Waals surface area contributed by atoms with Crippen LogP contribution >= 0.6 is 22.6 Å². The number of halogens is 1. The van der Waals surface area contributed by atoms with Crippen molar-refractivity contribution in [1.82, 2.24) is 0 Å². The Morgan fingerprint density at radius 1 is 1.00 bits per heavy atom. The highest BCUT2D eigenvalue weighted by atomic mass is 127. The Kier molecular flexibility index (Phi) is 6.69. The van der Waals surface area contributed by atoms with E-state index in [-0.39, 0.29) is 27.5 Å². The molecule has 4 nitrogen and oxygen atoms in total. The van der Waals surface area contributed by atoms with Crippen molar-refractivity contribution < 1.29 is 18.6 Å². The molecule has 2 aliphatic heterocycles. The van der Waals surface area contributed by atoms with Crippen LogP contribution in [0.3, 0.4) is 0 Å². The smallest absolute Gasteiger partial charge is 0.261 e. The molecule has 2 heterocycles. The molecule has 0 spiro atoms. The minimum Gasteiger partial charge on any atom is -0.406 e. The fourth-order valence-electron chi connectivity index (χ4n) is 4.84. The van der Waals surface area contributed by atoms with Crippen molar-refractivity contribution in [2.24, 2.45) is 0 Å². The van der Waals surface area contributed by atoms with Crippen molar-refractivity contribution in [2.75, 3.05) is 6.61 Å². The summed E-state index contributed by atoms with van der Waals surface area (Å²) in [7, 11) is -2.54. The minimum atomic E-state index is -2.54. The van der Waals surface area contributed by atoms with Gasteiger partial charge in [-0.05, 0) is 29.3 Å². The first-order valence-electron chi connectivity index (χ1n) is 11.0. The lowest BCUT2D eigenvalue weighted by atomic mass is 10.1. The first-order chi connectivity index (χ1) is 14.6. The predicted molar refractivity (Wildman–Crippen MR) is 135 cm³/mol. The average Bonchev–Trinajstić information content (AvgIpc) is 3.22. The average molecular weight is 553 g/mol. The quantitative estimate of drug-likeness (QED) is 0.298. The fourth-order valence-corrected chi connectivity index (χ4v) is 10.4. The molecule has 0 N–H and O–H groups in total. The van der Waals surface area contributed by atoms with Gasteiger partial charge in [-0.15, -0.1) is 0 Å². The summed E-state index contributed by atoms with van der Waals surface area (Å²) in [6.45, 7) is 11.4. The predicted octanol–water partition coefficient (Wildman–Crippen LogP) is 4.63. The van der Waals surface area contributed by atoms with Gasteiger partial charge in [-0.3, -0.25) is 0 Å². The molecule has 0 aromatic heterocycles. The highest BCUT2D eigenvalue weighted by molar-refractivity contribution is 14.1. The van der Waals surface area contributed by atoms with Crippen LogP contribution in [0.25, 0.3) is 0 Å². The molecular weight excluding hydrogens is 519 g/mol. The van der Waals surface area contributed by atoms with Crippen LogP contribution in [0.4, 0.5) is 0 Å². The van der Waals surface area contributed by atoms with E-state index >= 15 is 0 Å². The summed E-state index contributed by atoms with van der Waals surface area (Å²) in [6.07, 6.45) is 0.631. The molecule has 0 saturated carbocycles. The summed E-state index contributed by atoms with van der Waals surface area (Å²) in [5.41, 5.74) is 0.